The number of hydrogen-bond acceptors (Lipinski definition) is 6. The van der Waals surface area contributed by atoms with Crippen molar-refractivity contribution in [2.45, 2.75) is 20.0 Å². The van der Waals surface area contributed by atoms with Gasteiger partial charge in [0, 0.05) is 10.6 Å². The van der Waals surface area contributed by atoms with E-state index < -0.39 is 51.3 Å². The van der Waals surface area contributed by atoms with Gasteiger partial charge in [-0.25, -0.2) is 26.0 Å². The van der Waals surface area contributed by atoms with Gasteiger partial charge < -0.3 is 4.74 Å². The summed E-state index contributed by atoms with van der Waals surface area (Å²) in [4.78, 5) is 11.3. The van der Waals surface area contributed by atoms with E-state index in [1.807, 2.05) is 0 Å². The van der Waals surface area contributed by atoms with Gasteiger partial charge >= 0.3 is 10.3 Å². The van der Waals surface area contributed by atoms with Crippen LogP contribution in [0.3, 0.4) is 0 Å². The lowest BCUT2D eigenvalue weighted by molar-refractivity contribution is -0.136. The van der Waals surface area contributed by atoms with Crippen molar-refractivity contribution >= 4 is 37.2 Å². The standard InChI is InChI=1S/C24H20ClFO6S2/c1-17(23(27)32-2)22(20-15-9-10-16-21(20)25)24(26,33(28,29)18-11-5-3-6-12-18)34(30,31)19-13-7-4-8-14-19/h3-16,22H,1H2,2H3/t22-/m1/s1. The van der Waals surface area contributed by atoms with Crippen molar-refractivity contribution in [2.75, 3.05) is 7.11 Å². The van der Waals surface area contributed by atoms with Gasteiger partial charge in [-0.05, 0) is 35.9 Å². The number of esters is 1. The molecule has 0 aliphatic carbocycles. The Morgan fingerprint density at radius 1 is 0.853 bits per heavy atom. The molecule has 6 nitrogen and oxygen atoms in total. The summed E-state index contributed by atoms with van der Waals surface area (Å²) in [6, 6.07) is 18.0. The SMILES string of the molecule is C=C(C(=O)OC)[C@H](c1ccccc1Cl)C(F)(S(=O)(=O)c1ccccc1)S(=O)(=O)c1ccccc1. The van der Waals surface area contributed by atoms with E-state index in [0.29, 0.717) is 0 Å². The molecule has 0 aliphatic rings. The first kappa shape index (κ1) is 25.6. The van der Waals surface area contributed by atoms with Gasteiger partial charge in [-0.2, -0.15) is 0 Å². The summed E-state index contributed by atoms with van der Waals surface area (Å²) in [5, 5.41) is -0.161. The van der Waals surface area contributed by atoms with E-state index in [1.165, 1.54) is 60.7 Å². The number of halogens is 2. The van der Waals surface area contributed by atoms with Crippen molar-refractivity contribution in [3.05, 3.63) is 108 Å². The number of ether oxygens (including phenoxy) is 1. The first-order valence-electron chi connectivity index (χ1n) is 9.80. The van der Waals surface area contributed by atoms with Crippen LogP contribution in [-0.4, -0.2) is 34.2 Å². The van der Waals surface area contributed by atoms with Crippen LogP contribution < -0.4 is 0 Å². The van der Waals surface area contributed by atoms with E-state index in [0.717, 1.165) is 31.4 Å². The lowest BCUT2D eigenvalue weighted by Crippen LogP contribution is -2.49. The lowest BCUT2D eigenvalue weighted by Gasteiger charge is -2.34. The third kappa shape index (κ3) is 4.15. The highest BCUT2D eigenvalue weighted by Gasteiger charge is 2.64. The molecule has 0 unspecified atom stereocenters. The number of carbonyl (C=O) groups is 1. The molecule has 0 N–H and O–H groups in total. The van der Waals surface area contributed by atoms with Crippen LogP contribution >= 0.6 is 11.6 Å². The Kier molecular flexibility index (Phi) is 7.30. The van der Waals surface area contributed by atoms with E-state index in [1.54, 1.807) is 0 Å². The van der Waals surface area contributed by atoms with Crippen molar-refractivity contribution in [3.63, 3.8) is 0 Å². The highest BCUT2D eigenvalue weighted by molar-refractivity contribution is 8.10. The van der Waals surface area contributed by atoms with Crippen molar-refractivity contribution in [1.29, 1.82) is 0 Å². The summed E-state index contributed by atoms with van der Waals surface area (Å²) in [7, 11) is -9.70. The Bertz CT molecular complexity index is 1350. The number of hydrogen-bond donors (Lipinski definition) is 0. The van der Waals surface area contributed by atoms with E-state index in [2.05, 4.69) is 11.3 Å². The molecule has 0 aliphatic heterocycles. The molecule has 34 heavy (non-hydrogen) atoms. The number of methoxy groups -OCH3 is 1. The third-order valence-electron chi connectivity index (χ3n) is 5.20. The second-order valence-corrected chi connectivity index (χ2v) is 12.0. The summed E-state index contributed by atoms with van der Waals surface area (Å²) < 4.78 is 73.3. The molecule has 0 aromatic heterocycles. The number of sulfone groups is 2. The average Bonchev–Trinajstić information content (AvgIpc) is 2.85. The van der Waals surface area contributed by atoms with Crippen molar-refractivity contribution in [1.82, 2.24) is 0 Å². The van der Waals surface area contributed by atoms with Crippen LogP contribution in [-0.2, 0) is 29.2 Å². The quantitative estimate of drug-likeness (QED) is 0.314. The molecule has 0 fully saturated rings. The van der Waals surface area contributed by atoms with E-state index in [9.17, 15) is 21.6 Å². The van der Waals surface area contributed by atoms with Crippen LogP contribution in [0.1, 0.15) is 11.5 Å². The second kappa shape index (κ2) is 9.69. The van der Waals surface area contributed by atoms with Gasteiger partial charge in [-0.3, -0.25) is 0 Å². The summed E-state index contributed by atoms with van der Waals surface area (Å²) in [6.45, 7) is 3.52. The van der Waals surface area contributed by atoms with Crippen LogP contribution in [0.5, 0.6) is 0 Å². The zero-order chi connectivity index (χ0) is 25.1. The van der Waals surface area contributed by atoms with Crippen LogP contribution in [0, 0.1) is 0 Å². The van der Waals surface area contributed by atoms with Crippen LogP contribution in [0.4, 0.5) is 4.39 Å². The molecule has 178 valence electrons. The van der Waals surface area contributed by atoms with Crippen molar-refractivity contribution in [3.8, 4) is 0 Å². The summed E-state index contributed by atoms with van der Waals surface area (Å²) >= 11 is 6.26. The van der Waals surface area contributed by atoms with Gasteiger partial charge in [0.05, 0.1) is 22.8 Å². The Balaban J connectivity index is 2.50. The van der Waals surface area contributed by atoms with Crippen molar-refractivity contribution < 1.29 is 30.8 Å². The second-order valence-electron chi connectivity index (χ2n) is 7.19. The van der Waals surface area contributed by atoms with Gasteiger partial charge in [-0.15, -0.1) is 0 Å². The smallest absolute Gasteiger partial charge is 0.333 e. The van der Waals surface area contributed by atoms with E-state index in [-0.39, 0.29) is 10.6 Å². The minimum absolute atomic E-state index is 0.161. The van der Waals surface area contributed by atoms with E-state index in [4.69, 9.17) is 11.6 Å². The predicted octanol–water partition coefficient (Wildman–Crippen LogP) is 4.72. The van der Waals surface area contributed by atoms with Crippen molar-refractivity contribution in [2.24, 2.45) is 0 Å². The fourth-order valence-electron chi connectivity index (χ4n) is 3.52. The minimum atomic E-state index is -5.34. The maximum atomic E-state index is 17.5. The first-order chi connectivity index (χ1) is 16.0. The fraction of sp³-hybridized carbons (Fsp3) is 0.125. The number of alkyl halides is 1. The lowest BCUT2D eigenvalue weighted by atomic mass is 9.92. The zero-order valence-corrected chi connectivity index (χ0v) is 20.3. The fourth-order valence-corrected chi connectivity index (χ4v) is 8.33. The largest absolute Gasteiger partial charge is 0.466 e. The van der Waals surface area contributed by atoms with E-state index >= 15 is 4.39 Å². The molecule has 0 amide bonds. The molecule has 10 heteroatoms. The molecular weight excluding hydrogens is 503 g/mol. The molecule has 3 rings (SSSR count). The monoisotopic (exact) mass is 522 g/mol. The predicted molar refractivity (Wildman–Crippen MR) is 126 cm³/mol. The molecule has 0 spiro atoms. The molecule has 1 atom stereocenters. The molecule has 0 saturated carbocycles. The molecular formula is C24H20ClFO6S2. The summed E-state index contributed by atoms with van der Waals surface area (Å²) in [6.07, 6.45) is 0. The highest BCUT2D eigenvalue weighted by atomic mass is 35.5. The molecule has 3 aromatic rings. The molecule has 0 radical (unpaired) electrons. The average molecular weight is 523 g/mol. The van der Waals surface area contributed by atoms with Gasteiger partial charge in [0.1, 0.15) is 0 Å². The number of carbonyl (C=O) groups excluding carboxylic acids is 1. The van der Waals surface area contributed by atoms with Gasteiger partial charge in [-0.1, -0.05) is 72.8 Å². The topological polar surface area (TPSA) is 94.6 Å². The van der Waals surface area contributed by atoms with Gasteiger partial charge in [0.15, 0.2) is 0 Å². The summed E-state index contributed by atoms with van der Waals surface area (Å²) in [5.41, 5.74) is -1.00. The van der Waals surface area contributed by atoms with Crippen LogP contribution in [0.2, 0.25) is 5.02 Å². The molecule has 0 saturated heterocycles. The van der Waals surface area contributed by atoms with Gasteiger partial charge in [0.2, 0.25) is 19.7 Å². The summed E-state index contributed by atoms with van der Waals surface area (Å²) in [5.74, 6) is -3.46. The van der Waals surface area contributed by atoms with Crippen LogP contribution in [0.15, 0.2) is 107 Å². The highest BCUT2D eigenvalue weighted by Crippen LogP contribution is 2.51. The normalized spacial score (nSPS) is 13.1. The Morgan fingerprint density at radius 2 is 1.26 bits per heavy atom. The maximum absolute atomic E-state index is 17.5. The molecule has 0 bridgehead atoms. The number of rotatable bonds is 8. The third-order valence-corrected chi connectivity index (χ3v) is 10.6. The Hall–Kier alpha value is -3.01. The van der Waals surface area contributed by atoms with Gasteiger partial charge in [0.25, 0.3) is 0 Å². The minimum Gasteiger partial charge on any atom is -0.466 e. The molecule has 3 aromatic carbocycles. The molecule has 0 heterocycles. The first-order valence-corrected chi connectivity index (χ1v) is 13.1. The van der Waals surface area contributed by atoms with Crippen LogP contribution in [0.25, 0.3) is 0 Å². The Morgan fingerprint density at radius 3 is 1.68 bits per heavy atom. The number of benzene rings is 3. The zero-order valence-electron chi connectivity index (χ0n) is 17.9. The Labute approximate surface area is 202 Å². The maximum Gasteiger partial charge on any atom is 0.333 e.